The van der Waals surface area contributed by atoms with Crippen LogP contribution in [0.2, 0.25) is 10.0 Å². The van der Waals surface area contributed by atoms with E-state index >= 15 is 0 Å². The number of hydrogen-bond acceptors (Lipinski definition) is 3. The molecular weight excluding hydrogens is 429 g/mol. The van der Waals surface area contributed by atoms with Gasteiger partial charge < -0.3 is 10.2 Å². The summed E-state index contributed by atoms with van der Waals surface area (Å²) in [6.45, 7) is 6.43. The average Bonchev–Trinajstić information content (AvgIpc) is 2.76. The molecule has 1 amide bonds. The first kappa shape index (κ1) is 21.7. The highest BCUT2D eigenvalue weighted by Crippen LogP contribution is 2.30. The third kappa shape index (κ3) is 5.21. The number of nitrogens with zero attached hydrogens (tertiary/aromatic N) is 2. The van der Waals surface area contributed by atoms with Crippen molar-refractivity contribution in [3.63, 3.8) is 0 Å². The molecule has 3 aromatic carbocycles. The van der Waals surface area contributed by atoms with Crippen LogP contribution in [-0.4, -0.2) is 37.0 Å². The lowest BCUT2D eigenvalue weighted by Crippen LogP contribution is -2.46. The maximum Gasteiger partial charge on any atom is 0.255 e. The maximum atomic E-state index is 12.6. The van der Waals surface area contributed by atoms with E-state index in [0.29, 0.717) is 16.3 Å². The second-order valence-corrected chi connectivity index (χ2v) is 8.60. The predicted octanol–water partition coefficient (Wildman–Crippen LogP) is 5.88. The number of halogens is 2. The molecule has 6 heteroatoms. The quantitative estimate of drug-likeness (QED) is 0.523. The van der Waals surface area contributed by atoms with Crippen LogP contribution in [-0.2, 0) is 6.54 Å². The van der Waals surface area contributed by atoms with Crippen LogP contribution in [0.5, 0.6) is 0 Å². The molecule has 3 aromatic rings. The average molecular weight is 454 g/mol. The van der Waals surface area contributed by atoms with Crippen LogP contribution < -0.4 is 10.2 Å². The molecule has 0 spiro atoms. The van der Waals surface area contributed by atoms with E-state index in [1.165, 1.54) is 0 Å². The minimum atomic E-state index is -0.130. The number of carbonyl (C=O) groups excluding carboxylic acids is 1. The van der Waals surface area contributed by atoms with E-state index in [4.69, 9.17) is 23.2 Å². The number of hydrogen-bond donors (Lipinski definition) is 1. The molecule has 0 unspecified atom stereocenters. The fourth-order valence-electron chi connectivity index (χ4n) is 3.88. The Balaban J connectivity index is 1.37. The summed E-state index contributed by atoms with van der Waals surface area (Å²) in [7, 11) is 0. The Bertz CT molecular complexity index is 1080. The standard InChI is InChI=1S/C25H25Cl2N3O/c1-18-6-2-4-8-21(18)25(31)28-20-10-11-24(23(27)16-20)30-14-12-29(13-15-30)17-19-7-3-5-9-22(19)26/h2-11,16H,12-15,17H2,1H3,(H,28,31). The predicted molar refractivity (Wildman–Crippen MR) is 130 cm³/mol. The lowest BCUT2D eigenvalue weighted by Gasteiger charge is -2.36. The van der Waals surface area contributed by atoms with Gasteiger partial charge in [0.1, 0.15) is 0 Å². The fourth-order valence-corrected chi connectivity index (χ4v) is 4.38. The van der Waals surface area contributed by atoms with Gasteiger partial charge in [-0.15, -0.1) is 0 Å². The zero-order chi connectivity index (χ0) is 21.8. The molecule has 1 aliphatic rings. The molecule has 1 heterocycles. The molecule has 4 nitrogen and oxygen atoms in total. The number of carbonyl (C=O) groups is 1. The third-order valence-electron chi connectivity index (χ3n) is 5.66. The highest BCUT2D eigenvalue weighted by molar-refractivity contribution is 6.33. The lowest BCUT2D eigenvalue weighted by molar-refractivity contribution is 0.102. The van der Waals surface area contributed by atoms with Gasteiger partial charge in [0, 0.05) is 49.0 Å². The van der Waals surface area contributed by atoms with Crippen molar-refractivity contribution in [2.45, 2.75) is 13.5 Å². The van der Waals surface area contributed by atoms with Crippen LogP contribution in [0.1, 0.15) is 21.5 Å². The van der Waals surface area contributed by atoms with Crippen molar-refractivity contribution in [3.05, 3.63) is 93.5 Å². The van der Waals surface area contributed by atoms with Gasteiger partial charge in [-0.05, 0) is 48.4 Å². The van der Waals surface area contributed by atoms with Crippen LogP contribution in [0.15, 0.2) is 66.7 Å². The topological polar surface area (TPSA) is 35.6 Å². The molecule has 1 fully saturated rings. The zero-order valence-corrected chi connectivity index (χ0v) is 19.0. The molecule has 160 valence electrons. The van der Waals surface area contributed by atoms with E-state index in [9.17, 15) is 4.79 Å². The largest absolute Gasteiger partial charge is 0.368 e. The van der Waals surface area contributed by atoms with Crippen molar-refractivity contribution in [1.29, 1.82) is 0 Å². The van der Waals surface area contributed by atoms with Crippen LogP contribution >= 0.6 is 23.2 Å². The number of benzene rings is 3. The van der Waals surface area contributed by atoms with E-state index in [-0.39, 0.29) is 5.91 Å². The van der Waals surface area contributed by atoms with Crippen LogP contribution in [0.25, 0.3) is 0 Å². The van der Waals surface area contributed by atoms with Gasteiger partial charge in [0.05, 0.1) is 10.7 Å². The van der Waals surface area contributed by atoms with Gasteiger partial charge in [-0.3, -0.25) is 9.69 Å². The van der Waals surface area contributed by atoms with Crippen molar-refractivity contribution >= 4 is 40.5 Å². The number of aryl methyl sites for hydroxylation is 1. The van der Waals surface area contributed by atoms with Crippen molar-refractivity contribution in [3.8, 4) is 0 Å². The van der Waals surface area contributed by atoms with Crippen LogP contribution in [0, 0.1) is 6.92 Å². The van der Waals surface area contributed by atoms with E-state index in [0.717, 1.165) is 54.6 Å². The third-order valence-corrected chi connectivity index (χ3v) is 6.33. The lowest BCUT2D eigenvalue weighted by atomic mass is 10.1. The molecule has 0 atom stereocenters. The van der Waals surface area contributed by atoms with Crippen LogP contribution in [0.4, 0.5) is 11.4 Å². The van der Waals surface area contributed by atoms with E-state index < -0.39 is 0 Å². The minimum Gasteiger partial charge on any atom is -0.368 e. The molecule has 1 aliphatic heterocycles. The SMILES string of the molecule is Cc1ccccc1C(=O)Nc1ccc(N2CCN(Cc3ccccc3Cl)CC2)c(Cl)c1. The van der Waals surface area contributed by atoms with Gasteiger partial charge in [-0.1, -0.05) is 59.6 Å². The molecule has 1 N–H and O–H groups in total. The van der Waals surface area contributed by atoms with Gasteiger partial charge in [0.2, 0.25) is 0 Å². The number of rotatable bonds is 5. The second kappa shape index (κ2) is 9.73. The summed E-state index contributed by atoms with van der Waals surface area (Å²) in [5.41, 5.74) is 4.45. The fraction of sp³-hybridized carbons (Fsp3) is 0.240. The number of piperazine rings is 1. The Hall–Kier alpha value is -2.53. The van der Waals surface area contributed by atoms with Crippen molar-refractivity contribution in [2.24, 2.45) is 0 Å². The van der Waals surface area contributed by atoms with E-state index in [2.05, 4.69) is 21.2 Å². The smallest absolute Gasteiger partial charge is 0.255 e. The normalized spacial score (nSPS) is 14.5. The van der Waals surface area contributed by atoms with Crippen molar-refractivity contribution in [2.75, 3.05) is 36.4 Å². The molecule has 0 aromatic heterocycles. The van der Waals surface area contributed by atoms with Crippen LogP contribution in [0.3, 0.4) is 0 Å². The summed E-state index contributed by atoms with van der Waals surface area (Å²) in [5.74, 6) is -0.130. The molecule has 0 aliphatic carbocycles. The maximum absolute atomic E-state index is 12.6. The zero-order valence-electron chi connectivity index (χ0n) is 17.4. The molecule has 0 bridgehead atoms. The Kier molecular flexibility index (Phi) is 6.81. The van der Waals surface area contributed by atoms with Gasteiger partial charge in [-0.25, -0.2) is 0 Å². The van der Waals surface area contributed by atoms with E-state index in [1.54, 1.807) is 0 Å². The Labute approximate surface area is 193 Å². The molecule has 31 heavy (non-hydrogen) atoms. The molecule has 0 saturated carbocycles. The summed E-state index contributed by atoms with van der Waals surface area (Å²) >= 11 is 12.9. The van der Waals surface area contributed by atoms with Crippen molar-refractivity contribution in [1.82, 2.24) is 4.90 Å². The molecular formula is C25H25Cl2N3O. The first-order valence-electron chi connectivity index (χ1n) is 10.4. The first-order valence-corrected chi connectivity index (χ1v) is 11.1. The van der Waals surface area contributed by atoms with Gasteiger partial charge >= 0.3 is 0 Å². The minimum absolute atomic E-state index is 0.130. The van der Waals surface area contributed by atoms with Gasteiger partial charge in [-0.2, -0.15) is 0 Å². The first-order chi connectivity index (χ1) is 15.0. The highest BCUT2D eigenvalue weighted by Gasteiger charge is 2.20. The monoisotopic (exact) mass is 453 g/mol. The van der Waals surface area contributed by atoms with Gasteiger partial charge in [0.15, 0.2) is 0 Å². The second-order valence-electron chi connectivity index (χ2n) is 7.79. The Morgan fingerprint density at radius 1 is 0.903 bits per heavy atom. The summed E-state index contributed by atoms with van der Waals surface area (Å²) < 4.78 is 0. The van der Waals surface area contributed by atoms with E-state index in [1.807, 2.05) is 67.6 Å². The number of nitrogens with one attached hydrogen (secondary N) is 1. The molecule has 4 rings (SSSR count). The Morgan fingerprint density at radius 3 is 2.32 bits per heavy atom. The Morgan fingerprint density at radius 2 is 1.61 bits per heavy atom. The number of anilines is 2. The molecule has 0 radical (unpaired) electrons. The summed E-state index contributed by atoms with van der Waals surface area (Å²) in [6.07, 6.45) is 0. The van der Waals surface area contributed by atoms with Crippen molar-refractivity contribution < 1.29 is 4.79 Å². The molecule has 1 saturated heterocycles. The summed E-state index contributed by atoms with van der Waals surface area (Å²) in [6, 6.07) is 21.3. The summed E-state index contributed by atoms with van der Waals surface area (Å²) in [4.78, 5) is 17.3. The summed E-state index contributed by atoms with van der Waals surface area (Å²) in [5, 5.41) is 4.40. The number of amides is 1. The van der Waals surface area contributed by atoms with Gasteiger partial charge in [0.25, 0.3) is 5.91 Å². The highest BCUT2D eigenvalue weighted by atomic mass is 35.5.